The summed E-state index contributed by atoms with van der Waals surface area (Å²) >= 11 is 0. The first-order valence-electron chi connectivity index (χ1n) is 6.69. The summed E-state index contributed by atoms with van der Waals surface area (Å²) < 4.78 is 24.0. The van der Waals surface area contributed by atoms with E-state index in [0.717, 1.165) is 12.2 Å². The standard InChI is InChI=1S/C14H21NO2S/c1-2-18(16,17)14-10-6-5-9-13(14)15-11-12-7-3-4-8-12/h5-6,9-10,12,15H,2-4,7-8,11H2,1H3. The molecule has 1 aliphatic rings. The maximum atomic E-state index is 12.0. The van der Waals surface area contributed by atoms with Crippen molar-refractivity contribution in [3.8, 4) is 0 Å². The lowest BCUT2D eigenvalue weighted by molar-refractivity contribution is 0.578. The Morgan fingerprint density at radius 1 is 1.22 bits per heavy atom. The molecule has 100 valence electrons. The number of benzene rings is 1. The average Bonchev–Trinajstić information content (AvgIpc) is 2.90. The summed E-state index contributed by atoms with van der Waals surface area (Å²) in [5, 5.41) is 3.32. The molecule has 1 aromatic rings. The summed E-state index contributed by atoms with van der Waals surface area (Å²) in [5.41, 5.74) is 0.756. The number of hydrogen-bond acceptors (Lipinski definition) is 3. The van der Waals surface area contributed by atoms with Crippen molar-refractivity contribution in [1.29, 1.82) is 0 Å². The third-order valence-electron chi connectivity index (χ3n) is 3.66. The number of para-hydroxylation sites is 1. The van der Waals surface area contributed by atoms with Gasteiger partial charge < -0.3 is 5.32 Å². The van der Waals surface area contributed by atoms with Crippen LogP contribution in [0.5, 0.6) is 0 Å². The second kappa shape index (κ2) is 5.74. The summed E-state index contributed by atoms with van der Waals surface area (Å²) in [6, 6.07) is 7.21. The van der Waals surface area contributed by atoms with E-state index < -0.39 is 9.84 Å². The van der Waals surface area contributed by atoms with Crippen LogP contribution >= 0.6 is 0 Å². The van der Waals surface area contributed by atoms with Crippen molar-refractivity contribution in [2.24, 2.45) is 5.92 Å². The Labute approximate surface area is 110 Å². The molecule has 1 fully saturated rings. The Bertz CT molecular complexity index is 490. The highest BCUT2D eigenvalue weighted by Gasteiger charge is 2.18. The third-order valence-corrected chi connectivity index (χ3v) is 5.44. The number of sulfone groups is 1. The summed E-state index contributed by atoms with van der Waals surface area (Å²) in [6.07, 6.45) is 5.13. The molecule has 0 aliphatic heterocycles. The smallest absolute Gasteiger partial charge is 0.180 e. The molecule has 1 N–H and O–H groups in total. The van der Waals surface area contributed by atoms with E-state index in [1.807, 2.05) is 12.1 Å². The molecule has 0 radical (unpaired) electrons. The zero-order valence-electron chi connectivity index (χ0n) is 10.9. The van der Waals surface area contributed by atoms with Gasteiger partial charge in [-0.25, -0.2) is 8.42 Å². The lowest BCUT2D eigenvalue weighted by Gasteiger charge is -2.15. The van der Waals surface area contributed by atoms with Gasteiger partial charge in [-0.3, -0.25) is 0 Å². The lowest BCUT2D eigenvalue weighted by Crippen LogP contribution is -2.14. The molecular weight excluding hydrogens is 246 g/mol. The minimum Gasteiger partial charge on any atom is -0.384 e. The van der Waals surface area contributed by atoms with Gasteiger partial charge in [0.25, 0.3) is 0 Å². The van der Waals surface area contributed by atoms with Gasteiger partial charge in [-0.1, -0.05) is 31.9 Å². The van der Waals surface area contributed by atoms with Crippen LogP contribution in [0.1, 0.15) is 32.6 Å². The van der Waals surface area contributed by atoms with Crippen molar-refractivity contribution in [2.45, 2.75) is 37.5 Å². The number of rotatable bonds is 5. The van der Waals surface area contributed by atoms with E-state index in [4.69, 9.17) is 0 Å². The van der Waals surface area contributed by atoms with Crippen molar-refractivity contribution in [2.75, 3.05) is 17.6 Å². The van der Waals surface area contributed by atoms with Crippen LogP contribution in [0.2, 0.25) is 0 Å². The van der Waals surface area contributed by atoms with Gasteiger partial charge in [0.2, 0.25) is 0 Å². The summed E-state index contributed by atoms with van der Waals surface area (Å²) in [6.45, 7) is 2.57. The van der Waals surface area contributed by atoms with Gasteiger partial charge in [0, 0.05) is 6.54 Å². The molecule has 4 heteroatoms. The third kappa shape index (κ3) is 3.05. The highest BCUT2D eigenvalue weighted by atomic mass is 32.2. The molecule has 0 aromatic heterocycles. The number of hydrogen-bond donors (Lipinski definition) is 1. The van der Waals surface area contributed by atoms with Crippen molar-refractivity contribution in [3.63, 3.8) is 0 Å². The molecule has 0 spiro atoms. The largest absolute Gasteiger partial charge is 0.384 e. The normalized spacial score (nSPS) is 16.9. The molecular formula is C14H21NO2S. The Morgan fingerprint density at radius 3 is 2.56 bits per heavy atom. The molecule has 1 aliphatic carbocycles. The van der Waals surface area contributed by atoms with Crippen LogP contribution in [0.15, 0.2) is 29.2 Å². The molecule has 0 unspecified atom stereocenters. The molecule has 0 heterocycles. The molecule has 3 nitrogen and oxygen atoms in total. The van der Waals surface area contributed by atoms with Crippen molar-refractivity contribution in [3.05, 3.63) is 24.3 Å². The highest BCUT2D eigenvalue weighted by molar-refractivity contribution is 7.91. The summed E-state index contributed by atoms with van der Waals surface area (Å²) in [7, 11) is -3.14. The van der Waals surface area contributed by atoms with E-state index >= 15 is 0 Å². The van der Waals surface area contributed by atoms with Crippen LogP contribution < -0.4 is 5.32 Å². The summed E-state index contributed by atoms with van der Waals surface area (Å²) in [4.78, 5) is 0.436. The van der Waals surface area contributed by atoms with Crippen LogP contribution in [0.4, 0.5) is 5.69 Å². The fourth-order valence-electron chi connectivity index (χ4n) is 2.51. The minimum atomic E-state index is -3.14. The van der Waals surface area contributed by atoms with E-state index in [0.29, 0.717) is 10.8 Å². The predicted molar refractivity (Wildman–Crippen MR) is 74.6 cm³/mol. The molecule has 2 rings (SSSR count). The first-order valence-corrected chi connectivity index (χ1v) is 8.34. The molecule has 1 saturated carbocycles. The fourth-order valence-corrected chi connectivity index (χ4v) is 3.58. The Morgan fingerprint density at radius 2 is 1.89 bits per heavy atom. The van der Waals surface area contributed by atoms with Gasteiger partial charge in [-0.05, 0) is 30.9 Å². The maximum absolute atomic E-state index is 12.0. The predicted octanol–water partition coefficient (Wildman–Crippen LogP) is 3.08. The van der Waals surface area contributed by atoms with E-state index in [9.17, 15) is 8.42 Å². The van der Waals surface area contributed by atoms with Crippen LogP contribution in [0, 0.1) is 5.92 Å². The monoisotopic (exact) mass is 267 g/mol. The zero-order valence-corrected chi connectivity index (χ0v) is 11.7. The molecule has 1 aromatic carbocycles. The van der Waals surface area contributed by atoms with Crippen LogP contribution in [-0.2, 0) is 9.84 Å². The molecule has 0 atom stereocenters. The highest BCUT2D eigenvalue weighted by Crippen LogP contribution is 2.27. The van der Waals surface area contributed by atoms with Crippen LogP contribution in [-0.4, -0.2) is 20.7 Å². The van der Waals surface area contributed by atoms with Crippen molar-refractivity contribution < 1.29 is 8.42 Å². The van der Waals surface area contributed by atoms with Crippen molar-refractivity contribution >= 4 is 15.5 Å². The van der Waals surface area contributed by atoms with Crippen LogP contribution in [0.3, 0.4) is 0 Å². The molecule has 0 bridgehead atoms. The van der Waals surface area contributed by atoms with E-state index in [2.05, 4.69) is 5.32 Å². The Kier molecular flexibility index (Phi) is 4.27. The first-order chi connectivity index (χ1) is 8.63. The van der Waals surface area contributed by atoms with Gasteiger partial charge in [-0.2, -0.15) is 0 Å². The van der Waals surface area contributed by atoms with E-state index in [-0.39, 0.29) is 5.75 Å². The molecule has 18 heavy (non-hydrogen) atoms. The second-order valence-electron chi connectivity index (χ2n) is 4.93. The van der Waals surface area contributed by atoms with Gasteiger partial charge in [0.15, 0.2) is 9.84 Å². The summed E-state index contributed by atoms with van der Waals surface area (Å²) in [5.74, 6) is 0.845. The number of anilines is 1. The quantitative estimate of drug-likeness (QED) is 0.891. The minimum absolute atomic E-state index is 0.148. The van der Waals surface area contributed by atoms with Gasteiger partial charge >= 0.3 is 0 Å². The van der Waals surface area contributed by atoms with E-state index in [1.54, 1.807) is 19.1 Å². The Hall–Kier alpha value is -1.03. The van der Waals surface area contributed by atoms with Crippen LogP contribution in [0.25, 0.3) is 0 Å². The molecule has 0 saturated heterocycles. The number of nitrogens with one attached hydrogen (secondary N) is 1. The second-order valence-corrected chi connectivity index (χ2v) is 7.18. The van der Waals surface area contributed by atoms with E-state index in [1.165, 1.54) is 25.7 Å². The average molecular weight is 267 g/mol. The fraction of sp³-hybridized carbons (Fsp3) is 0.571. The SMILES string of the molecule is CCS(=O)(=O)c1ccccc1NCC1CCCC1. The van der Waals surface area contributed by atoms with Gasteiger partial charge in [0.1, 0.15) is 0 Å². The molecule has 0 amide bonds. The topological polar surface area (TPSA) is 46.2 Å². The first kappa shape index (κ1) is 13.4. The van der Waals surface area contributed by atoms with Gasteiger partial charge in [-0.15, -0.1) is 0 Å². The van der Waals surface area contributed by atoms with Crippen molar-refractivity contribution in [1.82, 2.24) is 0 Å². The maximum Gasteiger partial charge on any atom is 0.180 e. The lowest BCUT2D eigenvalue weighted by atomic mass is 10.1. The van der Waals surface area contributed by atoms with Gasteiger partial charge in [0.05, 0.1) is 16.3 Å². The zero-order chi connectivity index (χ0) is 13.0. The Balaban J connectivity index is 2.12.